The molecule has 11 heteroatoms. The summed E-state index contributed by atoms with van der Waals surface area (Å²) in [4.78, 5) is 38.8. The van der Waals surface area contributed by atoms with E-state index in [1.165, 1.54) is 16.4 Å². The van der Waals surface area contributed by atoms with Gasteiger partial charge in [-0.2, -0.15) is 0 Å². The summed E-state index contributed by atoms with van der Waals surface area (Å²) in [6.45, 7) is 9.94. The second kappa shape index (κ2) is 16.0. The largest absolute Gasteiger partial charge is 0.475 e. The van der Waals surface area contributed by atoms with E-state index < -0.39 is 11.6 Å². The highest BCUT2D eigenvalue weighted by molar-refractivity contribution is 6.08. The fraction of sp³-hybridized carbons (Fsp3) is 0.333. The van der Waals surface area contributed by atoms with Gasteiger partial charge in [0.1, 0.15) is 17.9 Å². The number of fused-ring (bicyclic) bond motifs is 4. The molecule has 0 radical (unpaired) electrons. The molecule has 1 atom stereocenters. The molecule has 3 aromatic heterocycles. The van der Waals surface area contributed by atoms with Crippen LogP contribution >= 0.6 is 0 Å². The first-order valence-electron chi connectivity index (χ1n) is 21.6. The van der Waals surface area contributed by atoms with Gasteiger partial charge < -0.3 is 33.9 Å². The number of allylic oxidation sites excluding steroid dienone is 1. The van der Waals surface area contributed by atoms with Gasteiger partial charge in [-0.05, 0) is 105 Å². The molecule has 1 N–H and O–H groups in total. The maximum absolute atomic E-state index is 13.2. The van der Waals surface area contributed by atoms with Crippen LogP contribution in [0.4, 0.5) is 5.69 Å². The van der Waals surface area contributed by atoms with Gasteiger partial charge in [0.25, 0.3) is 5.91 Å². The Bertz CT molecular complexity index is 2790. The van der Waals surface area contributed by atoms with Crippen LogP contribution in [-0.2, 0) is 23.1 Å². The molecule has 3 aliphatic heterocycles. The highest BCUT2D eigenvalue weighted by atomic mass is 16.5. The zero-order valence-corrected chi connectivity index (χ0v) is 35.4. The molecular weight excluding hydrogens is 777 g/mol. The molecule has 0 bridgehead atoms. The Kier molecular flexibility index (Phi) is 10.2. The first kappa shape index (κ1) is 39.5. The number of carbonyl (C=O) groups is 2. The predicted molar refractivity (Wildman–Crippen MR) is 240 cm³/mol. The summed E-state index contributed by atoms with van der Waals surface area (Å²) in [5.41, 5.74) is 7.95. The van der Waals surface area contributed by atoms with E-state index in [4.69, 9.17) is 14.2 Å². The lowest BCUT2D eigenvalue weighted by atomic mass is 9.91. The van der Waals surface area contributed by atoms with Crippen LogP contribution in [0.15, 0.2) is 110 Å². The van der Waals surface area contributed by atoms with E-state index in [1.54, 1.807) is 11.0 Å². The predicted octanol–water partition coefficient (Wildman–Crippen LogP) is 8.34. The molecule has 2 amide bonds. The summed E-state index contributed by atoms with van der Waals surface area (Å²) in [6, 6.07) is 26.0. The monoisotopic (exact) mass is 826 g/mol. The lowest BCUT2D eigenvalue weighted by molar-refractivity contribution is -0.126. The van der Waals surface area contributed by atoms with Crippen molar-refractivity contribution < 1.29 is 23.8 Å². The van der Waals surface area contributed by atoms with E-state index in [9.17, 15) is 9.59 Å². The van der Waals surface area contributed by atoms with Gasteiger partial charge in [-0.3, -0.25) is 14.6 Å². The van der Waals surface area contributed by atoms with Crippen LogP contribution in [-0.4, -0.2) is 74.3 Å². The molecule has 6 aromatic rings. The first-order chi connectivity index (χ1) is 30.0. The molecule has 11 nitrogen and oxygen atoms in total. The van der Waals surface area contributed by atoms with Crippen molar-refractivity contribution in [1.82, 2.24) is 24.8 Å². The Morgan fingerprint density at radius 2 is 1.69 bits per heavy atom. The van der Waals surface area contributed by atoms with Gasteiger partial charge in [0.05, 0.1) is 17.7 Å². The molecular formula is C51H50N6O5. The molecule has 1 aliphatic carbocycles. The van der Waals surface area contributed by atoms with Crippen molar-refractivity contribution in [3.63, 3.8) is 0 Å². The zero-order valence-electron chi connectivity index (χ0n) is 35.4. The second-order valence-corrected chi connectivity index (χ2v) is 17.5. The van der Waals surface area contributed by atoms with Crippen LogP contribution in [0.3, 0.4) is 0 Å². The van der Waals surface area contributed by atoms with Gasteiger partial charge >= 0.3 is 0 Å². The number of anilines is 1. The Hall–Kier alpha value is -6.64. The van der Waals surface area contributed by atoms with Crippen LogP contribution in [0.1, 0.15) is 73.9 Å². The summed E-state index contributed by atoms with van der Waals surface area (Å²) in [5.74, 6) is 7.63. The van der Waals surface area contributed by atoms with Gasteiger partial charge in [-0.1, -0.05) is 36.6 Å². The third kappa shape index (κ3) is 7.87. The molecule has 314 valence electrons. The number of rotatable bonds is 9. The van der Waals surface area contributed by atoms with Crippen LogP contribution < -0.4 is 19.7 Å². The maximum atomic E-state index is 13.2. The molecule has 62 heavy (non-hydrogen) atoms. The van der Waals surface area contributed by atoms with E-state index in [0.717, 1.165) is 72.1 Å². The molecule has 4 aliphatic rings. The summed E-state index contributed by atoms with van der Waals surface area (Å²) in [7, 11) is 2.10. The molecule has 1 saturated carbocycles. The van der Waals surface area contributed by atoms with Crippen molar-refractivity contribution in [3.8, 4) is 34.6 Å². The van der Waals surface area contributed by atoms with Crippen LogP contribution in [0, 0.1) is 11.8 Å². The van der Waals surface area contributed by atoms with Gasteiger partial charge in [0.2, 0.25) is 11.8 Å². The number of amides is 2. The average molecular weight is 827 g/mol. The molecule has 3 aromatic carbocycles. The lowest BCUT2D eigenvalue weighted by Gasteiger charge is -2.40. The normalized spacial score (nSPS) is 20.4. The zero-order chi connectivity index (χ0) is 42.5. The van der Waals surface area contributed by atoms with E-state index in [0.29, 0.717) is 42.3 Å². The van der Waals surface area contributed by atoms with Crippen molar-refractivity contribution >= 4 is 39.3 Å². The molecule has 0 spiro atoms. The Balaban J connectivity index is 0.681. The van der Waals surface area contributed by atoms with Crippen molar-refractivity contribution in [1.29, 1.82) is 0 Å². The maximum Gasteiger partial charge on any atom is 0.255 e. The minimum absolute atomic E-state index is 0.113. The number of aryl methyl sites for hydroxylation is 1. The fourth-order valence-corrected chi connectivity index (χ4v) is 9.29. The SMILES string of the molecule is C=C1CCC(N2Cc3cc(OC(C)(C)C#Cc4cccc(N5CCC(OC6CC(Oc7ccc(-c8ccc9c%10cnccc%10n(C)c9c8)cn7)C6)CC5)c4)ccc3C2=O)C(=O)N1. The third-order valence-corrected chi connectivity index (χ3v) is 12.7. The Morgan fingerprint density at radius 1 is 0.855 bits per heavy atom. The molecule has 10 rings (SSSR count). The molecule has 1 unspecified atom stereocenters. The van der Waals surface area contributed by atoms with Crippen LogP contribution in [0.2, 0.25) is 0 Å². The second-order valence-electron chi connectivity index (χ2n) is 17.5. The average Bonchev–Trinajstić information content (AvgIpc) is 3.74. The Labute approximate surface area is 361 Å². The third-order valence-electron chi connectivity index (χ3n) is 12.7. The van der Waals surface area contributed by atoms with Crippen molar-refractivity contribution in [2.45, 2.75) is 88.9 Å². The number of carbonyl (C=O) groups excluding carboxylic acids is 2. The van der Waals surface area contributed by atoms with E-state index in [-0.39, 0.29) is 30.1 Å². The number of ether oxygens (including phenoxy) is 3. The quantitative estimate of drug-likeness (QED) is 0.145. The van der Waals surface area contributed by atoms with Gasteiger partial charge in [-0.25, -0.2) is 4.98 Å². The van der Waals surface area contributed by atoms with Gasteiger partial charge in [0, 0.05) is 109 Å². The molecule has 2 saturated heterocycles. The van der Waals surface area contributed by atoms with E-state index in [1.807, 2.05) is 56.7 Å². The van der Waals surface area contributed by atoms with Crippen molar-refractivity contribution in [3.05, 3.63) is 126 Å². The number of hydrogen-bond donors (Lipinski definition) is 1. The number of piperidine rings is 2. The molecule has 6 heterocycles. The van der Waals surface area contributed by atoms with Crippen LogP contribution in [0.25, 0.3) is 32.9 Å². The van der Waals surface area contributed by atoms with Crippen LogP contribution in [0.5, 0.6) is 11.6 Å². The summed E-state index contributed by atoms with van der Waals surface area (Å²) in [5, 5.41) is 5.15. The molecule has 3 fully saturated rings. The highest BCUT2D eigenvalue weighted by Crippen LogP contribution is 2.35. The standard InChI is InChI=1S/C51H50N6O5/c1-32-8-14-46(49(58)54-32)57-31-36-25-39(11-13-42(36)50(57)59)62-51(2,3)20-16-33-6-5-7-37(24-33)56-22-18-38(19-23-56)60-40-27-41(28-40)61-48-15-10-35(29-53-48)34-9-12-43-44-30-52-21-17-45(44)55(4)47(43)26-34/h5-7,9-13,15,17,21,24-26,29-30,38,40-41,46H,1,8,14,18-19,22-23,27-28,31H2,2-4H3,(H,54,58). The number of nitrogens with one attached hydrogen (secondary N) is 1. The topological polar surface area (TPSA) is 111 Å². The minimum atomic E-state index is -0.786. The van der Waals surface area contributed by atoms with Gasteiger partial charge in [-0.15, -0.1) is 0 Å². The van der Waals surface area contributed by atoms with Gasteiger partial charge in [0.15, 0.2) is 5.60 Å². The first-order valence-corrected chi connectivity index (χ1v) is 21.6. The summed E-state index contributed by atoms with van der Waals surface area (Å²) >= 11 is 0. The number of hydrogen-bond acceptors (Lipinski definition) is 8. The number of nitrogens with zero attached hydrogens (tertiary/aromatic N) is 5. The fourth-order valence-electron chi connectivity index (χ4n) is 9.29. The number of pyridine rings is 2. The summed E-state index contributed by atoms with van der Waals surface area (Å²) < 4.78 is 21.3. The number of benzene rings is 3. The van der Waals surface area contributed by atoms with Crippen molar-refractivity contribution in [2.24, 2.45) is 7.05 Å². The van der Waals surface area contributed by atoms with Crippen molar-refractivity contribution in [2.75, 3.05) is 18.0 Å². The summed E-state index contributed by atoms with van der Waals surface area (Å²) in [6.07, 6.45) is 11.1. The Morgan fingerprint density at radius 3 is 2.50 bits per heavy atom. The minimum Gasteiger partial charge on any atom is -0.475 e. The van der Waals surface area contributed by atoms with E-state index in [2.05, 4.69) is 98.8 Å². The lowest BCUT2D eigenvalue weighted by Crippen LogP contribution is -2.49. The highest BCUT2D eigenvalue weighted by Gasteiger charge is 2.39. The smallest absolute Gasteiger partial charge is 0.255 e. The van der Waals surface area contributed by atoms with E-state index >= 15 is 0 Å². The number of aromatic nitrogens is 3.